The van der Waals surface area contributed by atoms with Crippen LogP contribution in [0, 0.1) is 0 Å². The maximum atomic E-state index is 10.8. The summed E-state index contributed by atoms with van der Waals surface area (Å²) in [4.78, 5) is 2.40. The van der Waals surface area contributed by atoms with Gasteiger partial charge in [0.1, 0.15) is 5.75 Å². The molecule has 0 aromatic heterocycles. The lowest BCUT2D eigenvalue weighted by atomic mass is 9.91. The number of hydrogen-bond donors (Lipinski definition) is 1. The van der Waals surface area contributed by atoms with Crippen molar-refractivity contribution in [3.8, 4) is 5.75 Å². The van der Waals surface area contributed by atoms with E-state index < -0.39 is 0 Å². The Morgan fingerprint density at radius 3 is 2.40 bits per heavy atom. The fraction of sp³-hybridized carbons (Fsp3) is 0.238. The third-order valence-electron chi connectivity index (χ3n) is 4.82. The number of halogens is 1. The SMILES string of the molecule is Oc1ccc2ccccc2c1[C@H](c1ccc(Br)cc1)N1CCOCC1. The monoisotopic (exact) mass is 397 g/mol. The molecule has 0 bridgehead atoms. The van der Waals surface area contributed by atoms with Crippen molar-refractivity contribution in [3.05, 3.63) is 76.3 Å². The molecule has 25 heavy (non-hydrogen) atoms. The minimum atomic E-state index is 0.00287. The molecule has 1 N–H and O–H groups in total. The van der Waals surface area contributed by atoms with Crippen molar-refractivity contribution in [2.75, 3.05) is 26.3 Å². The number of hydrogen-bond acceptors (Lipinski definition) is 3. The fourth-order valence-corrected chi connectivity index (χ4v) is 3.88. The summed E-state index contributed by atoms with van der Waals surface area (Å²) < 4.78 is 6.60. The number of fused-ring (bicyclic) bond motifs is 1. The molecule has 4 heteroatoms. The molecule has 0 spiro atoms. The molecule has 1 aliphatic rings. The van der Waals surface area contributed by atoms with E-state index in [9.17, 15) is 5.11 Å². The molecular formula is C21H20BrNO2. The summed E-state index contributed by atoms with van der Waals surface area (Å²) in [6, 6.07) is 20.4. The molecule has 1 heterocycles. The molecule has 0 aliphatic carbocycles. The largest absolute Gasteiger partial charge is 0.508 e. The molecular weight excluding hydrogens is 378 g/mol. The Labute approximate surface area is 156 Å². The molecule has 1 atom stereocenters. The second-order valence-corrected chi connectivity index (χ2v) is 7.24. The molecule has 3 nitrogen and oxygen atoms in total. The van der Waals surface area contributed by atoms with Gasteiger partial charge in [0.15, 0.2) is 0 Å². The minimum Gasteiger partial charge on any atom is -0.508 e. The second-order valence-electron chi connectivity index (χ2n) is 6.32. The number of phenols is 1. The van der Waals surface area contributed by atoms with Gasteiger partial charge in [-0.25, -0.2) is 0 Å². The molecule has 3 aromatic carbocycles. The minimum absolute atomic E-state index is 0.00287. The molecule has 3 aromatic rings. The topological polar surface area (TPSA) is 32.7 Å². The van der Waals surface area contributed by atoms with Gasteiger partial charge in [0.25, 0.3) is 0 Å². The number of benzene rings is 3. The van der Waals surface area contributed by atoms with Gasteiger partial charge in [-0.2, -0.15) is 0 Å². The van der Waals surface area contributed by atoms with E-state index in [1.807, 2.05) is 24.3 Å². The molecule has 1 saturated heterocycles. The molecule has 1 aliphatic heterocycles. The second kappa shape index (κ2) is 7.16. The van der Waals surface area contributed by atoms with Crippen LogP contribution in [0.4, 0.5) is 0 Å². The Morgan fingerprint density at radius 1 is 0.920 bits per heavy atom. The maximum Gasteiger partial charge on any atom is 0.121 e. The van der Waals surface area contributed by atoms with Crippen LogP contribution >= 0.6 is 15.9 Å². The van der Waals surface area contributed by atoms with Gasteiger partial charge in [-0.1, -0.05) is 58.4 Å². The van der Waals surface area contributed by atoms with E-state index in [0.29, 0.717) is 5.75 Å². The number of aromatic hydroxyl groups is 1. The highest BCUT2D eigenvalue weighted by Crippen LogP contribution is 2.39. The number of nitrogens with zero attached hydrogens (tertiary/aromatic N) is 1. The zero-order valence-corrected chi connectivity index (χ0v) is 15.4. The van der Waals surface area contributed by atoms with Crippen LogP contribution in [0.25, 0.3) is 10.8 Å². The van der Waals surface area contributed by atoms with Gasteiger partial charge in [-0.05, 0) is 34.5 Å². The van der Waals surface area contributed by atoms with E-state index in [4.69, 9.17) is 4.74 Å². The predicted octanol–water partition coefficient (Wildman–Crippen LogP) is 4.73. The predicted molar refractivity (Wildman–Crippen MR) is 104 cm³/mol. The summed E-state index contributed by atoms with van der Waals surface area (Å²) in [6.45, 7) is 3.14. The highest BCUT2D eigenvalue weighted by Gasteiger charge is 2.28. The van der Waals surface area contributed by atoms with Crippen molar-refractivity contribution in [2.24, 2.45) is 0 Å². The highest BCUT2D eigenvalue weighted by atomic mass is 79.9. The normalized spacial score (nSPS) is 16.8. The Kier molecular flexibility index (Phi) is 4.75. The number of rotatable bonds is 3. The van der Waals surface area contributed by atoms with E-state index in [2.05, 4.69) is 57.2 Å². The lowest BCUT2D eigenvalue weighted by Gasteiger charge is -2.36. The van der Waals surface area contributed by atoms with Gasteiger partial charge in [-0.15, -0.1) is 0 Å². The van der Waals surface area contributed by atoms with Gasteiger partial charge in [-0.3, -0.25) is 4.90 Å². The summed E-state index contributed by atoms with van der Waals surface area (Å²) >= 11 is 3.52. The van der Waals surface area contributed by atoms with E-state index in [1.54, 1.807) is 0 Å². The molecule has 4 rings (SSSR count). The van der Waals surface area contributed by atoms with Crippen LogP contribution in [-0.2, 0) is 4.74 Å². The average molecular weight is 398 g/mol. The Balaban J connectivity index is 1.91. The average Bonchev–Trinajstić information content (AvgIpc) is 2.66. The summed E-state index contributed by atoms with van der Waals surface area (Å²) in [7, 11) is 0. The third-order valence-corrected chi connectivity index (χ3v) is 5.35. The van der Waals surface area contributed by atoms with Gasteiger partial charge in [0.05, 0.1) is 19.3 Å². The van der Waals surface area contributed by atoms with E-state index >= 15 is 0 Å². The van der Waals surface area contributed by atoms with E-state index in [0.717, 1.165) is 47.1 Å². The van der Waals surface area contributed by atoms with Crippen molar-refractivity contribution < 1.29 is 9.84 Å². The molecule has 128 valence electrons. The van der Waals surface area contributed by atoms with Crippen molar-refractivity contribution in [2.45, 2.75) is 6.04 Å². The first-order valence-electron chi connectivity index (χ1n) is 8.52. The Hall–Kier alpha value is -1.88. The van der Waals surface area contributed by atoms with Crippen LogP contribution in [-0.4, -0.2) is 36.3 Å². The summed E-state index contributed by atoms with van der Waals surface area (Å²) in [5.41, 5.74) is 2.15. The van der Waals surface area contributed by atoms with Crippen molar-refractivity contribution in [1.82, 2.24) is 4.90 Å². The number of ether oxygens (including phenoxy) is 1. The molecule has 0 saturated carbocycles. The summed E-state index contributed by atoms with van der Waals surface area (Å²) in [5.74, 6) is 0.345. The van der Waals surface area contributed by atoms with Crippen molar-refractivity contribution in [3.63, 3.8) is 0 Å². The third kappa shape index (κ3) is 3.30. The quantitative estimate of drug-likeness (QED) is 0.693. The van der Waals surface area contributed by atoms with Crippen LogP contribution in [0.1, 0.15) is 17.2 Å². The zero-order chi connectivity index (χ0) is 17.2. The first-order chi connectivity index (χ1) is 12.2. The van der Waals surface area contributed by atoms with Crippen molar-refractivity contribution >= 4 is 26.7 Å². The fourth-order valence-electron chi connectivity index (χ4n) is 3.61. The van der Waals surface area contributed by atoms with Crippen molar-refractivity contribution in [1.29, 1.82) is 0 Å². The van der Waals surface area contributed by atoms with Crippen LogP contribution in [0.2, 0.25) is 0 Å². The van der Waals surface area contributed by atoms with Crippen LogP contribution in [0.3, 0.4) is 0 Å². The molecule has 1 fully saturated rings. The summed E-state index contributed by atoms with van der Waals surface area (Å²) in [6.07, 6.45) is 0. The van der Waals surface area contributed by atoms with Gasteiger partial charge in [0, 0.05) is 23.1 Å². The van der Waals surface area contributed by atoms with Gasteiger partial charge >= 0.3 is 0 Å². The lowest BCUT2D eigenvalue weighted by molar-refractivity contribution is 0.0238. The maximum absolute atomic E-state index is 10.8. The zero-order valence-electron chi connectivity index (χ0n) is 13.9. The standard InChI is InChI=1S/C21H20BrNO2/c22-17-8-5-16(6-9-17)21(23-11-13-25-14-12-23)20-18-4-2-1-3-15(18)7-10-19(20)24/h1-10,21,24H,11-14H2/t21-/m0/s1. The summed E-state index contributed by atoms with van der Waals surface area (Å²) in [5, 5.41) is 13.0. The molecule has 0 radical (unpaired) electrons. The molecule has 0 unspecified atom stereocenters. The Bertz CT molecular complexity index is 873. The van der Waals surface area contributed by atoms with E-state index in [-0.39, 0.29) is 6.04 Å². The Morgan fingerprint density at radius 2 is 1.64 bits per heavy atom. The highest BCUT2D eigenvalue weighted by molar-refractivity contribution is 9.10. The first-order valence-corrected chi connectivity index (χ1v) is 9.31. The first kappa shape index (κ1) is 16.6. The number of phenolic OH excluding ortho intramolecular Hbond substituents is 1. The number of morpholine rings is 1. The van der Waals surface area contributed by atoms with Crippen LogP contribution < -0.4 is 0 Å². The van der Waals surface area contributed by atoms with Gasteiger partial charge in [0.2, 0.25) is 0 Å². The van der Waals surface area contributed by atoms with E-state index in [1.165, 1.54) is 5.56 Å². The van der Waals surface area contributed by atoms with Gasteiger partial charge < -0.3 is 9.84 Å². The lowest BCUT2D eigenvalue weighted by Crippen LogP contribution is -2.39. The van der Waals surface area contributed by atoms with Crippen LogP contribution in [0.15, 0.2) is 65.1 Å². The van der Waals surface area contributed by atoms with Crippen LogP contribution in [0.5, 0.6) is 5.75 Å². The molecule has 0 amide bonds. The smallest absolute Gasteiger partial charge is 0.121 e.